The molecule has 0 aliphatic carbocycles. The van der Waals surface area contributed by atoms with Gasteiger partial charge in [-0.25, -0.2) is 4.98 Å². The van der Waals surface area contributed by atoms with Crippen LogP contribution in [0.5, 0.6) is 0 Å². The van der Waals surface area contributed by atoms with Gasteiger partial charge in [-0.15, -0.1) is 0 Å². The number of hydrogen-bond acceptors (Lipinski definition) is 3. The van der Waals surface area contributed by atoms with Crippen molar-refractivity contribution < 1.29 is 14.7 Å². The van der Waals surface area contributed by atoms with Gasteiger partial charge in [0.2, 0.25) is 5.91 Å². The fourth-order valence-corrected chi connectivity index (χ4v) is 1.41. The molecule has 1 rings (SSSR count). The summed E-state index contributed by atoms with van der Waals surface area (Å²) < 4.78 is 0. The molecule has 1 aromatic heterocycles. The fraction of sp³-hybridized carbons (Fsp3) is 0.545. The Hall–Kier alpha value is -1.85. The number of H-pyrrole nitrogens is 1. The normalized spacial score (nSPS) is 10.1. The maximum atomic E-state index is 11.3. The summed E-state index contributed by atoms with van der Waals surface area (Å²) in [5.41, 5.74) is 0.977. The van der Waals surface area contributed by atoms with Crippen molar-refractivity contribution in [2.45, 2.75) is 32.1 Å². The molecular formula is C11H17N3O3. The van der Waals surface area contributed by atoms with E-state index in [4.69, 9.17) is 5.11 Å². The zero-order valence-electron chi connectivity index (χ0n) is 9.61. The molecule has 17 heavy (non-hydrogen) atoms. The first-order valence-electron chi connectivity index (χ1n) is 5.64. The lowest BCUT2D eigenvalue weighted by Gasteiger charge is -2.03. The van der Waals surface area contributed by atoms with Crippen LogP contribution in [0.1, 0.15) is 31.4 Å². The van der Waals surface area contributed by atoms with Gasteiger partial charge in [0.15, 0.2) is 0 Å². The number of carbonyl (C=O) groups is 2. The Kier molecular flexibility index (Phi) is 5.77. The van der Waals surface area contributed by atoms with Gasteiger partial charge in [0.25, 0.3) is 0 Å². The SMILES string of the molecule is O=C(O)CCCC(=O)NCCCc1c[nH]cn1. The Labute approximate surface area is 99.4 Å². The number of aryl methyl sites for hydroxylation is 1. The van der Waals surface area contributed by atoms with Crippen molar-refractivity contribution in [2.24, 2.45) is 0 Å². The highest BCUT2D eigenvalue weighted by atomic mass is 16.4. The number of nitrogens with one attached hydrogen (secondary N) is 2. The van der Waals surface area contributed by atoms with E-state index in [0.717, 1.165) is 18.5 Å². The number of hydrogen-bond donors (Lipinski definition) is 3. The van der Waals surface area contributed by atoms with Crippen molar-refractivity contribution in [2.75, 3.05) is 6.54 Å². The minimum atomic E-state index is -0.865. The predicted octanol–water partition coefficient (Wildman–Crippen LogP) is 0.713. The highest BCUT2D eigenvalue weighted by Gasteiger charge is 2.03. The molecule has 0 fully saturated rings. The first-order chi connectivity index (χ1) is 8.18. The lowest BCUT2D eigenvalue weighted by Crippen LogP contribution is -2.24. The summed E-state index contributed by atoms with van der Waals surface area (Å²) in [7, 11) is 0. The molecule has 0 atom stereocenters. The molecule has 0 radical (unpaired) electrons. The first-order valence-corrected chi connectivity index (χ1v) is 5.64. The lowest BCUT2D eigenvalue weighted by atomic mass is 10.2. The van der Waals surface area contributed by atoms with Crippen LogP contribution in [0.15, 0.2) is 12.5 Å². The number of imidazole rings is 1. The highest BCUT2D eigenvalue weighted by Crippen LogP contribution is 1.97. The zero-order chi connectivity index (χ0) is 12.5. The molecule has 1 amide bonds. The number of rotatable bonds is 8. The second-order valence-corrected chi connectivity index (χ2v) is 3.76. The van der Waals surface area contributed by atoms with E-state index >= 15 is 0 Å². The summed E-state index contributed by atoms with van der Waals surface area (Å²) in [6, 6.07) is 0. The highest BCUT2D eigenvalue weighted by molar-refractivity contribution is 5.76. The van der Waals surface area contributed by atoms with Gasteiger partial charge in [-0.1, -0.05) is 0 Å². The molecular weight excluding hydrogens is 222 g/mol. The number of aliphatic carboxylic acids is 1. The number of carboxylic acid groups (broad SMARTS) is 1. The molecule has 0 unspecified atom stereocenters. The third kappa shape index (κ3) is 6.34. The van der Waals surface area contributed by atoms with Gasteiger partial charge in [-0.2, -0.15) is 0 Å². The van der Waals surface area contributed by atoms with Crippen LogP contribution in [0.3, 0.4) is 0 Å². The van der Waals surface area contributed by atoms with Gasteiger partial charge in [0.05, 0.1) is 12.0 Å². The van der Waals surface area contributed by atoms with Crippen LogP contribution in [-0.4, -0.2) is 33.5 Å². The Morgan fingerprint density at radius 3 is 2.82 bits per heavy atom. The summed E-state index contributed by atoms with van der Waals surface area (Å²) in [6.45, 7) is 0.596. The van der Waals surface area contributed by atoms with Crippen LogP contribution < -0.4 is 5.32 Å². The summed E-state index contributed by atoms with van der Waals surface area (Å²) in [5, 5.41) is 11.2. The van der Waals surface area contributed by atoms with Gasteiger partial charge in [0.1, 0.15) is 0 Å². The second kappa shape index (κ2) is 7.43. The summed E-state index contributed by atoms with van der Waals surface area (Å²) in [6.07, 6.45) is 5.80. The topological polar surface area (TPSA) is 95.1 Å². The smallest absolute Gasteiger partial charge is 0.303 e. The van der Waals surface area contributed by atoms with E-state index in [9.17, 15) is 9.59 Å². The number of nitrogens with zero attached hydrogens (tertiary/aromatic N) is 1. The lowest BCUT2D eigenvalue weighted by molar-refractivity contribution is -0.137. The minimum Gasteiger partial charge on any atom is -0.481 e. The van der Waals surface area contributed by atoms with Gasteiger partial charge in [-0.05, 0) is 19.3 Å². The molecule has 0 saturated heterocycles. The van der Waals surface area contributed by atoms with E-state index in [0.29, 0.717) is 13.0 Å². The average Bonchev–Trinajstić information content (AvgIpc) is 2.76. The fourth-order valence-electron chi connectivity index (χ4n) is 1.41. The molecule has 6 heteroatoms. The predicted molar refractivity (Wildman–Crippen MR) is 61.4 cm³/mol. The van der Waals surface area contributed by atoms with E-state index in [2.05, 4.69) is 15.3 Å². The van der Waals surface area contributed by atoms with Crippen molar-refractivity contribution in [3.63, 3.8) is 0 Å². The summed E-state index contributed by atoms with van der Waals surface area (Å²) >= 11 is 0. The second-order valence-electron chi connectivity index (χ2n) is 3.76. The number of amides is 1. The molecule has 1 heterocycles. The third-order valence-corrected chi connectivity index (χ3v) is 2.28. The van der Waals surface area contributed by atoms with Crippen LogP contribution in [0.2, 0.25) is 0 Å². The molecule has 6 nitrogen and oxygen atoms in total. The van der Waals surface area contributed by atoms with Crippen LogP contribution in [0.25, 0.3) is 0 Å². The van der Waals surface area contributed by atoms with Crippen molar-refractivity contribution in [1.82, 2.24) is 15.3 Å². The van der Waals surface area contributed by atoms with Crippen molar-refractivity contribution in [1.29, 1.82) is 0 Å². The monoisotopic (exact) mass is 239 g/mol. The van der Waals surface area contributed by atoms with Gasteiger partial charge < -0.3 is 15.4 Å². The molecule has 1 aromatic rings. The Morgan fingerprint density at radius 2 is 2.18 bits per heavy atom. The van der Waals surface area contributed by atoms with Gasteiger partial charge in [0, 0.05) is 25.6 Å². The molecule has 0 aromatic carbocycles. The zero-order valence-corrected chi connectivity index (χ0v) is 9.61. The van der Waals surface area contributed by atoms with Crippen molar-refractivity contribution in [3.05, 3.63) is 18.2 Å². The quantitative estimate of drug-likeness (QED) is 0.582. The van der Waals surface area contributed by atoms with Crippen LogP contribution in [-0.2, 0) is 16.0 Å². The average molecular weight is 239 g/mol. The Balaban J connectivity index is 1.98. The third-order valence-electron chi connectivity index (χ3n) is 2.28. The van der Waals surface area contributed by atoms with E-state index in [1.165, 1.54) is 0 Å². The molecule has 0 aliphatic rings. The van der Waals surface area contributed by atoms with Crippen LogP contribution in [0, 0.1) is 0 Å². The van der Waals surface area contributed by atoms with E-state index in [-0.39, 0.29) is 18.7 Å². The van der Waals surface area contributed by atoms with Crippen LogP contribution >= 0.6 is 0 Å². The molecule has 0 aliphatic heterocycles. The Bertz CT molecular complexity index is 349. The molecule has 3 N–H and O–H groups in total. The van der Waals surface area contributed by atoms with E-state index < -0.39 is 5.97 Å². The van der Waals surface area contributed by atoms with Gasteiger partial charge >= 0.3 is 5.97 Å². The van der Waals surface area contributed by atoms with Crippen molar-refractivity contribution >= 4 is 11.9 Å². The maximum absolute atomic E-state index is 11.3. The van der Waals surface area contributed by atoms with Crippen LogP contribution in [0.4, 0.5) is 0 Å². The largest absolute Gasteiger partial charge is 0.481 e. The Morgan fingerprint density at radius 1 is 1.35 bits per heavy atom. The molecule has 0 bridgehead atoms. The van der Waals surface area contributed by atoms with E-state index in [1.54, 1.807) is 6.33 Å². The minimum absolute atomic E-state index is 0.0424. The number of carboxylic acids is 1. The van der Waals surface area contributed by atoms with Gasteiger partial charge in [-0.3, -0.25) is 9.59 Å². The maximum Gasteiger partial charge on any atom is 0.303 e. The summed E-state index contributed by atoms with van der Waals surface area (Å²) in [5.74, 6) is -0.954. The molecule has 0 saturated carbocycles. The first kappa shape index (κ1) is 13.2. The molecule has 0 spiro atoms. The number of aromatic amines is 1. The van der Waals surface area contributed by atoms with Crippen molar-refractivity contribution in [3.8, 4) is 0 Å². The molecule has 94 valence electrons. The number of carbonyl (C=O) groups excluding carboxylic acids is 1. The van der Waals surface area contributed by atoms with E-state index in [1.807, 2.05) is 6.20 Å². The number of aromatic nitrogens is 2. The summed E-state index contributed by atoms with van der Waals surface area (Å²) in [4.78, 5) is 28.4. The standard InChI is InChI=1S/C11H17N3O3/c15-10(4-1-5-11(16)17)13-6-2-3-9-7-12-8-14-9/h7-8H,1-6H2,(H,12,14)(H,13,15)(H,16,17).